The lowest BCUT2D eigenvalue weighted by Gasteiger charge is -2.44. The van der Waals surface area contributed by atoms with Gasteiger partial charge >= 0.3 is 0 Å². The molecule has 0 aromatic carbocycles. The number of aryl methyl sites for hydroxylation is 1. The van der Waals surface area contributed by atoms with Gasteiger partial charge in [0.1, 0.15) is 11.8 Å². The smallest absolute Gasteiger partial charge is 0.120 e. The first-order valence-corrected chi connectivity index (χ1v) is 5.69. The molecule has 1 aromatic rings. The molecule has 3 heteroatoms. The summed E-state index contributed by atoms with van der Waals surface area (Å²) in [6, 6.07) is 6.14. The first-order chi connectivity index (χ1) is 7.58. The highest BCUT2D eigenvalue weighted by Gasteiger charge is 2.40. The van der Waals surface area contributed by atoms with Gasteiger partial charge in [-0.1, -0.05) is 0 Å². The molecule has 2 rings (SSSR count). The zero-order chi connectivity index (χ0) is 11.8. The predicted octanol–water partition coefficient (Wildman–Crippen LogP) is 2.48. The van der Waals surface area contributed by atoms with Crippen molar-refractivity contribution < 1.29 is 4.74 Å². The van der Waals surface area contributed by atoms with E-state index in [-0.39, 0.29) is 5.60 Å². The van der Waals surface area contributed by atoms with E-state index < -0.39 is 0 Å². The molecule has 0 spiro atoms. The van der Waals surface area contributed by atoms with E-state index in [0.717, 1.165) is 25.1 Å². The highest BCUT2D eigenvalue weighted by atomic mass is 16.5. The first-order valence-electron chi connectivity index (χ1n) is 5.69. The molecule has 0 aliphatic heterocycles. The number of rotatable bonds is 3. The van der Waals surface area contributed by atoms with Gasteiger partial charge in [0, 0.05) is 19.3 Å². The maximum absolute atomic E-state index is 8.99. The van der Waals surface area contributed by atoms with Gasteiger partial charge in [0.25, 0.3) is 0 Å². The molecule has 1 aliphatic carbocycles. The number of nitriles is 1. The number of methoxy groups -OCH3 is 1. The van der Waals surface area contributed by atoms with Crippen molar-refractivity contribution in [3.63, 3.8) is 0 Å². The second-order valence-corrected chi connectivity index (χ2v) is 5.01. The summed E-state index contributed by atoms with van der Waals surface area (Å²) in [6.07, 6.45) is 2.18. The van der Waals surface area contributed by atoms with Gasteiger partial charge in [-0.2, -0.15) is 5.26 Å². The number of ether oxygens (including phenoxy) is 1. The van der Waals surface area contributed by atoms with Gasteiger partial charge in [-0.3, -0.25) is 0 Å². The third-order valence-corrected chi connectivity index (χ3v) is 3.69. The summed E-state index contributed by atoms with van der Waals surface area (Å²) in [5.41, 5.74) is 2.00. The fraction of sp³-hybridized carbons (Fsp3) is 0.615. The van der Waals surface area contributed by atoms with Gasteiger partial charge in [-0.05, 0) is 44.7 Å². The number of hydrogen-bond donors (Lipinski definition) is 0. The molecule has 0 bridgehead atoms. The molecule has 0 N–H and O–H groups in total. The normalized spacial score (nSPS) is 28.5. The molecule has 1 heterocycles. The topological polar surface area (TPSA) is 38.0 Å². The molecule has 0 amide bonds. The zero-order valence-corrected chi connectivity index (χ0v) is 10.2. The van der Waals surface area contributed by atoms with Crippen LogP contribution in [0.2, 0.25) is 0 Å². The number of hydrogen-bond acceptors (Lipinski definition) is 2. The molecule has 0 atom stereocenters. The molecule has 1 fully saturated rings. The minimum Gasteiger partial charge on any atom is -0.379 e. The molecule has 86 valence electrons. The standard InChI is InChI=1S/C13H18N2O/c1-10-4-5-12(8-14)15(10)9-11-6-13(2,7-11)16-3/h4-5,11H,6-7,9H2,1-3H3. The van der Waals surface area contributed by atoms with E-state index in [1.165, 1.54) is 5.69 Å². The second kappa shape index (κ2) is 3.95. The molecule has 0 saturated heterocycles. The molecular formula is C13H18N2O. The predicted molar refractivity (Wildman–Crippen MR) is 62.0 cm³/mol. The van der Waals surface area contributed by atoms with E-state index in [4.69, 9.17) is 10.00 Å². The van der Waals surface area contributed by atoms with Crippen molar-refractivity contribution in [3.05, 3.63) is 23.5 Å². The van der Waals surface area contributed by atoms with Gasteiger partial charge in [-0.15, -0.1) is 0 Å². The SMILES string of the molecule is COC1(C)CC(Cn2c(C)ccc2C#N)C1. The van der Waals surface area contributed by atoms with Crippen molar-refractivity contribution >= 4 is 0 Å². The van der Waals surface area contributed by atoms with Crippen LogP contribution in [0.25, 0.3) is 0 Å². The van der Waals surface area contributed by atoms with Crippen LogP contribution in [0.5, 0.6) is 0 Å². The average molecular weight is 218 g/mol. The molecule has 0 unspecified atom stereocenters. The average Bonchev–Trinajstić information content (AvgIpc) is 2.57. The fourth-order valence-corrected chi connectivity index (χ4v) is 2.62. The van der Waals surface area contributed by atoms with Crippen LogP contribution in [0.3, 0.4) is 0 Å². The second-order valence-electron chi connectivity index (χ2n) is 5.01. The van der Waals surface area contributed by atoms with E-state index in [1.54, 1.807) is 7.11 Å². The lowest BCUT2D eigenvalue weighted by Crippen LogP contribution is -2.44. The van der Waals surface area contributed by atoms with Gasteiger partial charge in [-0.25, -0.2) is 0 Å². The Balaban J connectivity index is 2.02. The van der Waals surface area contributed by atoms with Gasteiger partial charge < -0.3 is 9.30 Å². The summed E-state index contributed by atoms with van der Waals surface area (Å²) in [5.74, 6) is 0.642. The summed E-state index contributed by atoms with van der Waals surface area (Å²) in [6.45, 7) is 5.15. The van der Waals surface area contributed by atoms with Crippen LogP contribution in [-0.4, -0.2) is 17.3 Å². The highest BCUT2D eigenvalue weighted by molar-refractivity contribution is 5.26. The van der Waals surface area contributed by atoms with Crippen LogP contribution in [0.15, 0.2) is 12.1 Å². The summed E-state index contributed by atoms with van der Waals surface area (Å²) < 4.78 is 7.55. The molecule has 1 aliphatic rings. The largest absolute Gasteiger partial charge is 0.379 e. The van der Waals surface area contributed by atoms with Gasteiger partial charge in [0.05, 0.1) is 5.60 Å². The van der Waals surface area contributed by atoms with Gasteiger partial charge in [0.2, 0.25) is 0 Å². The molecule has 16 heavy (non-hydrogen) atoms. The highest BCUT2D eigenvalue weighted by Crippen LogP contribution is 2.41. The monoisotopic (exact) mass is 218 g/mol. The Labute approximate surface area is 96.6 Å². The van der Waals surface area contributed by atoms with E-state index in [2.05, 4.69) is 24.5 Å². The van der Waals surface area contributed by atoms with E-state index in [1.807, 2.05) is 12.1 Å². The third kappa shape index (κ3) is 1.85. The molecule has 1 saturated carbocycles. The van der Waals surface area contributed by atoms with E-state index in [9.17, 15) is 0 Å². The maximum atomic E-state index is 8.99. The lowest BCUT2D eigenvalue weighted by atomic mass is 9.72. The van der Waals surface area contributed by atoms with Crippen molar-refractivity contribution in [2.45, 2.75) is 38.8 Å². The van der Waals surface area contributed by atoms with Crippen LogP contribution in [0, 0.1) is 24.2 Å². The Hall–Kier alpha value is -1.27. The molecule has 0 radical (unpaired) electrons. The van der Waals surface area contributed by atoms with E-state index in [0.29, 0.717) is 5.92 Å². The quantitative estimate of drug-likeness (QED) is 0.781. The fourth-order valence-electron chi connectivity index (χ4n) is 2.62. The Morgan fingerprint density at radius 1 is 1.56 bits per heavy atom. The lowest BCUT2D eigenvalue weighted by molar-refractivity contribution is -0.0941. The van der Waals surface area contributed by atoms with Crippen molar-refractivity contribution in [1.82, 2.24) is 4.57 Å². The van der Waals surface area contributed by atoms with Crippen molar-refractivity contribution in [2.24, 2.45) is 5.92 Å². The Kier molecular flexibility index (Phi) is 2.77. The summed E-state index contributed by atoms with van der Waals surface area (Å²) in [5, 5.41) is 8.99. The minimum atomic E-state index is 0.0680. The maximum Gasteiger partial charge on any atom is 0.120 e. The van der Waals surface area contributed by atoms with Crippen LogP contribution in [0.1, 0.15) is 31.2 Å². The molecular weight excluding hydrogens is 200 g/mol. The Morgan fingerprint density at radius 3 is 2.81 bits per heavy atom. The number of aromatic nitrogens is 1. The summed E-state index contributed by atoms with van der Waals surface area (Å²) in [7, 11) is 1.78. The third-order valence-electron chi connectivity index (χ3n) is 3.69. The first kappa shape index (κ1) is 11.2. The van der Waals surface area contributed by atoms with Crippen molar-refractivity contribution in [3.8, 4) is 6.07 Å². The van der Waals surface area contributed by atoms with Crippen LogP contribution < -0.4 is 0 Å². The van der Waals surface area contributed by atoms with Crippen LogP contribution in [-0.2, 0) is 11.3 Å². The minimum absolute atomic E-state index is 0.0680. The van der Waals surface area contributed by atoms with Crippen LogP contribution in [0.4, 0.5) is 0 Å². The molecule has 3 nitrogen and oxygen atoms in total. The summed E-state index contributed by atoms with van der Waals surface area (Å²) >= 11 is 0. The van der Waals surface area contributed by atoms with Crippen molar-refractivity contribution in [2.75, 3.05) is 7.11 Å². The Morgan fingerprint density at radius 2 is 2.25 bits per heavy atom. The molecule has 1 aromatic heterocycles. The zero-order valence-electron chi connectivity index (χ0n) is 10.2. The summed E-state index contributed by atoms with van der Waals surface area (Å²) in [4.78, 5) is 0. The van der Waals surface area contributed by atoms with Crippen LogP contribution >= 0.6 is 0 Å². The van der Waals surface area contributed by atoms with E-state index >= 15 is 0 Å². The van der Waals surface area contributed by atoms with Crippen molar-refractivity contribution in [1.29, 1.82) is 5.26 Å². The Bertz CT molecular complexity index is 422. The van der Waals surface area contributed by atoms with Gasteiger partial charge in [0.15, 0.2) is 0 Å². The number of nitrogens with zero attached hydrogens (tertiary/aromatic N) is 2.